The molecule has 2 rings (SSSR count). The van der Waals surface area contributed by atoms with E-state index in [1.54, 1.807) is 0 Å². The van der Waals surface area contributed by atoms with Crippen molar-refractivity contribution in [1.82, 2.24) is 10.6 Å². The predicted octanol–water partition coefficient (Wildman–Crippen LogP) is 2.03. The molecule has 0 aliphatic heterocycles. The fraction of sp³-hybridized carbons (Fsp3) is 0.867. The Hall–Kier alpha value is -1.30. The summed E-state index contributed by atoms with van der Waals surface area (Å²) in [4.78, 5) is 22.6. The van der Waals surface area contributed by atoms with E-state index in [0.717, 1.165) is 32.1 Å². The first-order chi connectivity index (χ1) is 10.1. The highest BCUT2D eigenvalue weighted by molar-refractivity contribution is 5.77. The van der Waals surface area contributed by atoms with Gasteiger partial charge in [0.05, 0.1) is 24.7 Å². The third kappa shape index (κ3) is 5.19. The lowest BCUT2D eigenvalue weighted by Crippen LogP contribution is -2.57. The van der Waals surface area contributed by atoms with Gasteiger partial charge in [0.15, 0.2) is 0 Å². The summed E-state index contributed by atoms with van der Waals surface area (Å²) in [7, 11) is 0. The van der Waals surface area contributed by atoms with Crippen LogP contribution in [0.1, 0.15) is 57.8 Å². The predicted molar refractivity (Wildman–Crippen MR) is 78.2 cm³/mol. The molecule has 0 bridgehead atoms. The number of nitrogens with one attached hydrogen (secondary N) is 2. The number of hydrogen-bond acceptors (Lipinski definition) is 3. The van der Waals surface area contributed by atoms with Crippen LogP contribution in [0.15, 0.2) is 0 Å². The van der Waals surface area contributed by atoms with Gasteiger partial charge in [-0.2, -0.15) is 0 Å². The lowest BCUT2D eigenvalue weighted by atomic mass is 9.74. The summed E-state index contributed by atoms with van der Waals surface area (Å²) in [6.45, 7) is 0.982. The number of carboxylic acids is 1. The summed E-state index contributed by atoms with van der Waals surface area (Å²) < 4.78 is 5.73. The van der Waals surface area contributed by atoms with Crippen LogP contribution in [-0.2, 0) is 9.53 Å². The normalized spacial score (nSPS) is 21.3. The van der Waals surface area contributed by atoms with Gasteiger partial charge in [0.1, 0.15) is 0 Å². The molecule has 2 amide bonds. The van der Waals surface area contributed by atoms with Gasteiger partial charge >= 0.3 is 12.0 Å². The van der Waals surface area contributed by atoms with Crippen molar-refractivity contribution in [2.24, 2.45) is 0 Å². The van der Waals surface area contributed by atoms with E-state index in [1.165, 1.54) is 19.3 Å². The zero-order valence-corrected chi connectivity index (χ0v) is 12.5. The monoisotopic (exact) mass is 298 g/mol. The summed E-state index contributed by atoms with van der Waals surface area (Å²) >= 11 is 0. The summed E-state index contributed by atoms with van der Waals surface area (Å²) in [5.74, 6) is -0.865. The molecule has 0 spiro atoms. The molecule has 120 valence electrons. The molecule has 0 atom stereocenters. The first-order valence-electron chi connectivity index (χ1n) is 7.99. The highest BCUT2D eigenvalue weighted by Crippen LogP contribution is 2.34. The Kier molecular flexibility index (Phi) is 5.85. The minimum atomic E-state index is -0.865. The molecule has 21 heavy (non-hydrogen) atoms. The third-order valence-corrected chi connectivity index (χ3v) is 4.47. The van der Waals surface area contributed by atoms with Crippen molar-refractivity contribution in [2.45, 2.75) is 69.4 Å². The molecule has 6 nitrogen and oxygen atoms in total. The molecule has 0 radical (unpaired) electrons. The van der Waals surface area contributed by atoms with Gasteiger partial charge in [-0.1, -0.05) is 19.3 Å². The van der Waals surface area contributed by atoms with Crippen LogP contribution in [-0.4, -0.2) is 41.9 Å². The Labute approximate surface area is 125 Å². The van der Waals surface area contributed by atoms with Crippen LogP contribution >= 0.6 is 0 Å². The quantitative estimate of drug-likeness (QED) is 0.628. The van der Waals surface area contributed by atoms with Crippen LogP contribution in [0.5, 0.6) is 0 Å². The summed E-state index contributed by atoms with van der Waals surface area (Å²) in [5.41, 5.74) is -0.542. The van der Waals surface area contributed by atoms with Crippen LogP contribution in [0, 0.1) is 0 Å². The van der Waals surface area contributed by atoms with E-state index in [2.05, 4.69) is 10.6 Å². The van der Waals surface area contributed by atoms with Crippen LogP contribution in [0.4, 0.5) is 4.79 Å². The number of carbonyl (C=O) groups is 2. The minimum absolute atomic E-state index is 0.000998. The zero-order valence-electron chi connectivity index (χ0n) is 12.5. The number of amides is 2. The molecule has 0 aromatic heterocycles. The van der Waals surface area contributed by atoms with E-state index in [0.29, 0.717) is 19.3 Å². The number of carboxylic acid groups (broad SMARTS) is 1. The van der Waals surface area contributed by atoms with Gasteiger partial charge in [0, 0.05) is 6.54 Å². The van der Waals surface area contributed by atoms with E-state index < -0.39 is 11.5 Å². The number of aliphatic carboxylic acids is 1. The van der Waals surface area contributed by atoms with Crippen molar-refractivity contribution in [1.29, 1.82) is 0 Å². The molecule has 6 heteroatoms. The standard InChI is InChI=1S/C15H26N2O4/c18-13(19)11-15(7-4-8-15)17-14(20)16-9-10-21-12-5-2-1-3-6-12/h12H,1-11H2,(H,18,19)(H2,16,17,20). The van der Waals surface area contributed by atoms with E-state index >= 15 is 0 Å². The van der Waals surface area contributed by atoms with Crippen molar-refractivity contribution < 1.29 is 19.4 Å². The van der Waals surface area contributed by atoms with Gasteiger partial charge in [0.25, 0.3) is 0 Å². The number of carbonyl (C=O) groups excluding carboxylic acids is 1. The van der Waals surface area contributed by atoms with Crippen LogP contribution in [0.2, 0.25) is 0 Å². The maximum atomic E-state index is 11.8. The Bertz CT molecular complexity index is 363. The number of hydrogen-bond donors (Lipinski definition) is 3. The van der Waals surface area contributed by atoms with Crippen molar-refractivity contribution in [2.75, 3.05) is 13.2 Å². The van der Waals surface area contributed by atoms with Gasteiger partial charge in [-0.05, 0) is 32.1 Å². The second-order valence-corrected chi connectivity index (χ2v) is 6.22. The summed E-state index contributed by atoms with van der Waals surface area (Å²) in [6.07, 6.45) is 8.79. The van der Waals surface area contributed by atoms with Crippen LogP contribution in [0.3, 0.4) is 0 Å². The molecule has 3 N–H and O–H groups in total. The maximum Gasteiger partial charge on any atom is 0.315 e. The van der Waals surface area contributed by atoms with Gasteiger partial charge < -0.3 is 20.5 Å². The Morgan fingerprint density at radius 1 is 1.14 bits per heavy atom. The Morgan fingerprint density at radius 2 is 1.86 bits per heavy atom. The Morgan fingerprint density at radius 3 is 2.43 bits per heavy atom. The molecule has 2 saturated carbocycles. The van der Waals surface area contributed by atoms with Gasteiger partial charge in [-0.15, -0.1) is 0 Å². The smallest absolute Gasteiger partial charge is 0.315 e. The number of rotatable bonds is 7. The second-order valence-electron chi connectivity index (χ2n) is 6.22. The van der Waals surface area contributed by atoms with Crippen molar-refractivity contribution in [3.63, 3.8) is 0 Å². The molecule has 2 fully saturated rings. The van der Waals surface area contributed by atoms with E-state index in [4.69, 9.17) is 9.84 Å². The van der Waals surface area contributed by atoms with Crippen LogP contribution < -0.4 is 10.6 Å². The van der Waals surface area contributed by atoms with E-state index in [9.17, 15) is 9.59 Å². The highest BCUT2D eigenvalue weighted by atomic mass is 16.5. The summed E-state index contributed by atoms with van der Waals surface area (Å²) in [6, 6.07) is -0.289. The van der Waals surface area contributed by atoms with Crippen molar-refractivity contribution in [3.05, 3.63) is 0 Å². The number of ether oxygens (including phenoxy) is 1. The molecule has 0 unspecified atom stereocenters. The molecule has 2 aliphatic carbocycles. The van der Waals surface area contributed by atoms with Crippen molar-refractivity contribution in [3.8, 4) is 0 Å². The third-order valence-electron chi connectivity index (χ3n) is 4.47. The lowest BCUT2D eigenvalue weighted by molar-refractivity contribution is -0.139. The fourth-order valence-corrected chi connectivity index (χ4v) is 3.15. The average Bonchev–Trinajstić information content (AvgIpc) is 2.42. The molecular formula is C15H26N2O4. The van der Waals surface area contributed by atoms with E-state index in [-0.39, 0.29) is 12.5 Å². The topological polar surface area (TPSA) is 87.7 Å². The number of urea groups is 1. The average molecular weight is 298 g/mol. The molecule has 0 saturated heterocycles. The van der Waals surface area contributed by atoms with Crippen LogP contribution in [0.25, 0.3) is 0 Å². The molecule has 0 aromatic carbocycles. The van der Waals surface area contributed by atoms with E-state index in [1.807, 2.05) is 0 Å². The SMILES string of the molecule is O=C(O)CC1(NC(=O)NCCOC2CCCCC2)CCC1. The zero-order chi connectivity index (χ0) is 15.1. The van der Waals surface area contributed by atoms with Crippen molar-refractivity contribution >= 4 is 12.0 Å². The largest absolute Gasteiger partial charge is 0.481 e. The first-order valence-corrected chi connectivity index (χ1v) is 7.99. The first kappa shape index (κ1) is 16.1. The second kappa shape index (κ2) is 7.64. The fourth-order valence-electron chi connectivity index (χ4n) is 3.15. The molecule has 0 aromatic rings. The maximum absolute atomic E-state index is 11.8. The van der Waals surface area contributed by atoms with Gasteiger partial charge in [0.2, 0.25) is 0 Å². The molecular weight excluding hydrogens is 272 g/mol. The minimum Gasteiger partial charge on any atom is -0.481 e. The summed E-state index contributed by atoms with van der Waals surface area (Å²) in [5, 5.41) is 14.5. The van der Waals surface area contributed by atoms with Gasteiger partial charge in [-0.3, -0.25) is 4.79 Å². The lowest BCUT2D eigenvalue weighted by Gasteiger charge is -2.41. The molecule has 0 heterocycles. The highest BCUT2D eigenvalue weighted by Gasteiger charge is 2.40. The Balaban J connectivity index is 1.59. The van der Waals surface area contributed by atoms with Gasteiger partial charge in [-0.25, -0.2) is 4.79 Å². The molecule has 2 aliphatic rings.